The van der Waals surface area contributed by atoms with Crippen molar-refractivity contribution in [2.75, 3.05) is 5.32 Å². The molecule has 4 heteroatoms. The molecule has 4 nitrogen and oxygen atoms in total. The number of hydrogen-bond donors (Lipinski definition) is 1. The Morgan fingerprint density at radius 1 is 1.11 bits per heavy atom. The first kappa shape index (κ1) is 11.7. The summed E-state index contributed by atoms with van der Waals surface area (Å²) in [4.78, 5) is 10.3. The Morgan fingerprint density at radius 3 is 2.63 bits per heavy atom. The summed E-state index contributed by atoms with van der Waals surface area (Å²) in [5.41, 5.74) is 2.27. The summed E-state index contributed by atoms with van der Waals surface area (Å²) in [6.45, 7) is 0. The minimum atomic E-state index is -0.368. The number of nitro groups is 1. The highest BCUT2D eigenvalue weighted by Gasteiger charge is 2.38. The van der Waals surface area contributed by atoms with Gasteiger partial charge >= 0.3 is 0 Å². The lowest BCUT2D eigenvalue weighted by molar-refractivity contribution is -0.384. The van der Waals surface area contributed by atoms with Crippen molar-refractivity contribution >= 4 is 11.4 Å². The van der Waals surface area contributed by atoms with Gasteiger partial charge in [-0.25, -0.2) is 0 Å². The van der Waals surface area contributed by atoms with Gasteiger partial charge in [0.1, 0.15) is 0 Å². The van der Waals surface area contributed by atoms with Gasteiger partial charge in [0.2, 0.25) is 0 Å². The highest BCUT2D eigenvalue weighted by molar-refractivity contribution is 5.53. The number of nitrogens with zero attached hydrogens (tertiary/aromatic N) is 1. The van der Waals surface area contributed by atoms with Gasteiger partial charge in [-0.05, 0) is 18.1 Å². The van der Waals surface area contributed by atoms with Gasteiger partial charge in [-0.2, -0.15) is 0 Å². The SMILES string of the molecule is O=[N+]([O-])c1cccc(NC2CC2c2ccccc2)c1. The second-order valence-corrected chi connectivity index (χ2v) is 4.81. The fraction of sp³-hybridized carbons (Fsp3) is 0.200. The fourth-order valence-corrected chi connectivity index (χ4v) is 2.35. The van der Waals surface area contributed by atoms with E-state index in [1.807, 2.05) is 24.3 Å². The number of non-ortho nitro benzene ring substituents is 1. The van der Waals surface area contributed by atoms with Crippen LogP contribution in [0.15, 0.2) is 54.6 Å². The number of nitro benzene ring substituents is 1. The zero-order chi connectivity index (χ0) is 13.2. The van der Waals surface area contributed by atoms with Gasteiger partial charge in [-0.3, -0.25) is 10.1 Å². The van der Waals surface area contributed by atoms with Gasteiger partial charge < -0.3 is 5.32 Å². The van der Waals surface area contributed by atoms with Gasteiger partial charge in [0.15, 0.2) is 0 Å². The molecule has 0 saturated heterocycles. The van der Waals surface area contributed by atoms with Crippen molar-refractivity contribution in [1.82, 2.24) is 0 Å². The average molecular weight is 254 g/mol. The molecule has 0 amide bonds. The summed E-state index contributed by atoms with van der Waals surface area (Å²) in [5, 5.41) is 14.1. The van der Waals surface area contributed by atoms with Gasteiger partial charge in [0.25, 0.3) is 5.69 Å². The van der Waals surface area contributed by atoms with Gasteiger partial charge in [0.05, 0.1) is 4.92 Å². The van der Waals surface area contributed by atoms with Crippen LogP contribution in [0, 0.1) is 10.1 Å². The lowest BCUT2D eigenvalue weighted by atomic mass is 10.1. The number of benzene rings is 2. The minimum Gasteiger partial charge on any atom is -0.381 e. The molecule has 19 heavy (non-hydrogen) atoms. The summed E-state index contributed by atoms with van der Waals surface area (Å²) in [6, 6.07) is 17.4. The van der Waals surface area contributed by atoms with E-state index in [1.54, 1.807) is 12.1 Å². The normalized spacial score (nSPS) is 20.8. The molecule has 1 saturated carbocycles. The Balaban J connectivity index is 1.68. The van der Waals surface area contributed by atoms with E-state index >= 15 is 0 Å². The maximum atomic E-state index is 10.7. The van der Waals surface area contributed by atoms with Crippen molar-refractivity contribution in [2.45, 2.75) is 18.4 Å². The molecule has 1 aliphatic carbocycles. The quantitative estimate of drug-likeness (QED) is 0.670. The smallest absolute Gasteiger partial charge is 0.271 e. The summed E-state index contributed by atoms with van der Waals surface area (Å²) in [6.07, 6.45) is 1.08. The highest BCUT2D eigenvalue weighted by Crippen LogP contribution is 2.42. The van der Waals surface area contributed by atoms with E-state index in [0.29, 0.717) is 12.0 Å². The third-order valence-electron chi connectivity index (χ3n) is 3.43. The minimum absolute atomic E-state index is 0.127. The van der Waals surface area contributed by atoms with Crippen LogP contribution in [-0.4, -0.2) is 11.0 Å². The van der Waals surface area contributed by atoms with Crippen LogP contribution < -0.4 is 5.32 Å². The molecule has 0 spiro atoms. The van der Waals surface area contributed by atoms with Crippen LogP contribution in [0.1, 0.15) is 17.9 Å². The molecule has 1 aliphatic rings. The highest BCUT2D eigenvalue weighted by atomic mass is 16.6. The number of hydrogen-bond acceptors (Lipinski definition) is 3. The lowest BCUT2D eigenvalue weighted by Gasteiger charge is -2.05. The zero-order valence-electron chi connectivity index (χ0n) is 10.3. The number of rotatable bonds is 4. The van der Waals surface area contributed by atoms with Gasteiger partial charge in [-0.1, -0.05) is 36.4 Å². The van der Waals surface area contributed by atoms with E-state index in [9.17, 15) is 10.1 Å². The zero-order valence-corrected chi connectivity index (χ0v) is 10.3. The third-order valence-corrected chi connectivity index (χ3v) is 3.43. The van der Waals surface area contributed by atoms with Crippen molar-refractivity contribution < 1.29 is 4.92 Å². The summed E-state index contributed by atoms with van der Waals surface area (Å²) in [7, 11) is 0. The average Bonchev–Trinajstić information content (AvgIpc) is 3.19. The van der Waals surface area contributed by atoms with Crippen LogP contribution >= 0.6 is 0 Å². The molecule has 2 atom stereocenters. The molecule has 0 radical (unpaired) electrons. The maximum Gasteiger partial charge on any atom is 0.271 e. The van der Waals surface area contributed by atoms with Crippen LogP contribution in [0.2, 0.25) is 0 Å². The molecular weight excluding hydrogens is 240 g/mol. The second-order valence-electron chi connectivity index (χ2n) is 4.81. The van der Waals surface area contributed by atoms with Crippen molar-refractivity contribution in [1.29, 1.82) is 0 Å². The first-order chi connectivity index (χ1) is 9.24. The summed E-state index contributed by atoms with van der Waals surface area (Å²) >= 11 is 0. The molecule has 0 heterocycles. The van der Waals surface area contributed by atoms with E-state index in [0.717, 1.165) is 12.1 Å². The predicted octanol–water partition coefficient (Wildman–Crippen LogP) is 3.56. The topological polar surface area (TPSA) is 55.2 Å². The van der Waals surface area contributed by atoms with Crippen LogP contribution in [0.25, 0.3) is 0 Å². The number of nitrogens with one attached hydrogen (secondary N) is 1. The van der Waals surface area contributed by atoms with Crippen molar-refractivity contribution in [2.24, 2.45) is 0 Å². The van der Waals surface area contributed by atoms with E-state index in [2.05, 4.69) is 17.4 Å². The Hall–Kier alpha value is -2.36. The molecule has 3 rings (SSSR count). The predicted molar refractivity (Wildman–Crippen MR) is 74.3 cm³/mol. The molecular formula is C15H14N2O2. The summed E-state index contributed by atoms with van der Waals surface area (Å²) in [5.74, 6) is 0.514. The van der Waals surface area contributed by atoms with E-state index in [1.165, 1.54) is 11.6 Å². The first-order valence-corrected chi connectivity index (χ1v) is 6.30. The van der Waals surface area contributed by atoms with Gasteiger partial charge in [0, 0.05) is 29.8 Å². The van der Waals surface area contributed by atoms with Crippen LogP contribution in [0.3, 0.4) is 0 Å². The second kappa shape index (κ2) is 4.72. The molecule has 0 bridgehead atoms. The van der Waals surface area contributed by atoms with E-state index in [4.69, 9.17) is 0 Å². The molecule has 2 aromatic carbocycles. The standard InChI is InChI=1S/C15H14N2O2/c18-17(19)13-8-4-7-12(9-13)16-15-10-14(15)11-5-2-1-3-6-11/h1-9,14-16H,10H2. The van der Waals surface area contributed by atoms with Crippen molar-refractivity contribution in [3.63, 3.8) is 0 Å². The molecule has 96 valence electrons. The van der Waals surface area contributed by atoms with E-state index in [-0.39, 0.29) is 10.6 Å². The van der Waals surface area contributed by atoms with Crippen LogP contribution in [0.5, 0.6) is 0 Å². The van der Waals surface area contributed by atoms with E-state index < -0.39 is 0 Å². The molecule has 1 N–H and O–H groups in total. The molecule has 2 unspecified atom stereocenters. The lowest BCUT2D eigenvalue weighted by Crippen LogP contribution is -2.04. The largest absolute Gasteiger partial charge is 0.381 e. The van der Waals surface area contributed by atoms with Crippen molar-refractivity contribution in [3.8, 4) is 0 Å². The fourth-order valence-electron chi connectivity index (χ4n) is 2.35. The van der Waals surface area contributed by atoms with Crippen LogP contribution in [-0.2, 0) is 0 Å². The Bertz CT molecular complexity index is 598. The maximum absolute atomic E-state index is 10.7. The Morgan fingerprint density at radius 2 is 1.89 bits per heavy atom. The molecule has 2 aromatic rings. The van der Waals surface area contributed by atoms with Gasteiger partial charge in [-0.15, -0.1) is 0 Å². The Labute approximate surface area is 111 Å². The van der Waals surface area contributed by atoms with Crippen molar-refractivity contribution in [3.05, 3.63) is 70.3 Å². The summed E-state index contributed by atoms with van der Waals surface area (Å²) < 4.78 is 0. The first-order valence-electron chi connectivity index (χ1n) is 6.30. The van der Waals surface area contributed by atoms with Crippen LogP contribution in [0.4, 0.5) is 11.4 Å². The molecule has 0 aromatic heterocycles. The molecule has 1 fully saturated rings. The molecule has 0 aliphatic heterocycles. The Kier molecular flexibility index (Phi) is 2.91. The number of anilines is 1. The monoisotopic (exact) mass is 254 g/mol. The third kappa shape index (κ3) is 2.57.